The van der Waals surface area contributed by atoms with E-state index in [1.165, 1.54) is 27.4 Å². The Balaban J connectivity index is 1.79. The van der Waals surface area contributed by atoms with Gasteiger partial charge in [0.15, 0.2) is 0 Å². The Bertz CT molecular complexity index is 731. The van der Waals surface area contributed by atoms with Crippen LogP contribution in [0.4, 0.5) is 9.18 Å². The molecule has 7 nitrogen and oxygen atoms in total. The quantitative estimate of drug-likeness (QED) is 0.863. The van der Waals surface area contributed by atoms with Crippen molar-refractivity contribution in [3.63, 3.8) is 0 Å². The molecular formula is C15H19FN2O5S. The molecule has 0 atom stereocenters. The third-order valence-corrected chi connectivity index (χ3v) is 6.49. The summed E-state index contributed by atoms with van der Waals surface area (Å²) in [5.41, 5.74) is -0.706. The molecule has 3 rings (SSSR count). The van der Waals surface area contributed by atoms with Crippen molar-refractivity contribution in [1.82, 2.24) is 9.21 Å². The number of carbonyl (C=O) groups is 1. The normalized spacial score (nSPS) is 21.8. The van der Waals surface area contributed by atoms with Gasteiger partial charge in [-0.2, -0.15) is 4.31 Å². The SMILES string of the molecule is O=C(O)N1CCC2(CC1)CN(S(=O)(=O)c1ccccc1F)CCO2. The number of nitrogens with zero attached hydrogens (tertiary/aromatic N) is 2. The van der Waals surface area contributed by atoms with Gasteiger partial charge < -0.3 is 14.7 Å². The van der Waals surface area contributed by atoms with Crippen LogP contribution < -0.4 is 0 Å². The molecule has 1 aromatic rings. The summed E-state index contributed by atoms with van der Waals surface area (Å²) in [6.45, 7) is 1.06. The standard InChI is InChI=1S/C15H19FN2O5S/c16-12-3-1-2-4-13(12)24(21,22)18-9-10-23-15(11-18)5-7-17(8-6-15)14(19)20/h1-4H,5-11H2,(H,19,20). The number of halogens is 1. The number of benzene rings is 1. The summed E-state index contributed by atoms with van der Waals surface area (Å²) in [5, 5.41) is 9.02. The van der Waals surface area contributed by atoms with Crippen LogP contribution in [0.1, 0.15) is 12.8 Å². The Labute approximate surface area is 139 Å². The van der Waals surface area contributed by atoms with Gasteiger partial charge >= 0.3 is 6.09 Å². The fourth-order valence-corrected chi connectivity index (χ4v) is 4.78. The number of hydrogen-bond donors (Lipinski definition) is 1. The average molecular weight is 358 g/mol. The molecule has 0 aromatic heterocycles. The zero-order valence-electron chi connectivity index (χ0n) is 13.0. The number of morpholine rings is 1. The molecule has 2 aliphatic heterocycles. The van der Waals surface area contributed by atoms with Crippen LogP contribution >= 0.6 is 0 Å². The second kappa shape index (κ2) is 6.30. The minimum absolute atomic E-state index is 0.108. The Morgan fingerprint density at radius 1 is 1.21 bits per heavy atom. The number of carboxylic acid groups (broad SMARTS) is 1. The molecule has 2 fully saturated rings. The molecule has 2 aliphatic rings. The van der Waals surface area contributed by atoms with Crippen LogP contribution in [-0.2, 0) is 14.8 Å². The van der Waals surface area contributed by atoms with E-state index in [1.54, 1.807) is 0 Å². The molecule has 0 bridgehead atoms. The van der Waals surface area contributed by atoms with Crippen molar-refractivity contribution < 1.29 is 27.4 Å². The first-order valence-electron chi connectivity index (χ1n) is 7.71. The smallest absolute Gasteiger partial charge is 0.407 e. The number of hydrogen-bond acceptors (Lipinski definition) is 4. The van der Waals surface area contributed by atoms with Crippen molar-refractivity contribution in [2.75, 3.05) is 32.8 Å². The molecule has 0 saturated carbocycles. The highest BCUT2D eigenvalue weighted by Crippen LogP contribution is 2.32. The van der Waals surface area contributed by atoms with Crippen molar-refractivity contribution in [3.8, 4) is 0 Å². The highest BCUT2D eigenvalue weighted by molar-refractivity contribution is 7.89. The fraction of sp³-hybridized carbons (Fsp3) is 0.533. The van der Waals surface area contributed by atoms with E-state index in [9.17, 15) is 17.6 Å². The largest absolute Gasteiger partial charge is 0.465 e. The van der Waals surface area contributed by atoms with Gasteiger partial charge in [0.05, 0.1) is 12.2 Å². The van der Waals surface area contributed by atoms with Gasteiger partial charge in [0.25, 0.3) is 0 Å². The number of sulfonamides is 1. The van der Waals surface area contributed by atoms with Gasteiger partial charge in [-0.1, -0.05) is 12.1 Å². The van der Waals surface area contributed by atoms with E-state index in [0.717, 1.165) is 6.07 Å². The summed E-state index contributed by atoms with van der Waals surface area (Å²) < 4.78 is 46.4. The van der Waals surface area contributed by atoms with Crippen molar-refractivity contribution in [3.05, 3.63) is 30.1 Å². The lowest BCUT2D eigenvalue weighted by Crippen LogP contribution is -2.58. The minimum Gasteiger partial charge on any atom is -0.465 e. The summed E-state index contributed by atoms with van der Waals surface area (Å²) >= 11 is 0. The molecule has 2 heterocycles. The van der Waals surface area contributed by atoms with Gasteiger partial charge in [-0.15, -0.1) is 0 Å². The third-order valence-electron chi connectivity index (χ3n) is 4.61. The van der Waals surface area contributed by atoms with Crippen molar-refractivity contribution in [1.29, 1.82) is 0 Å². The summed E-state index contributed by atoms with van der Waals surface area (Å²) in [5.74, 6) is -0.779. The van der Waals surface area contributed by atoms with Gasteiger partial charge in [-0.3, -0.25) is 0 Å². The van der Waals surface area contributed by atoms with Crippen LogP contribution in [0.3, 0.4) is 0 Å². The van der Waals surface area contributed by atoms with Crippen molar-refractivity contribution in [2.24, 2.45) is 0 Å². The fourth-order valence-electron chi connectivity index (χ4n) is 3.22. The molecule has 2 saturated heterocycles. The van der Waals surface area contributed by atoms with Gasteiger partial charge in [-0.05, 0) is 25.0 Å². The molecule has 0 unspecified atom stereocenters. The van der Waals surface area contributed by atoms with Gasteiger partial charge in [-0.25, -0.2) is 17.6 Å². The lowest BCUT2D eigenvalue weighted by Gasteiger charge is -2.46. The third kappa shape index (κ3) is 3.11. The van der Waals surface area contributed by atoms with E-state index < -0.39 is 27.5 Å². The van der Waals surface area contributed by atoms with E-state index in [2.05, 4.69) is 0 Å². The van der Waals surface area contributed by atoms with Gasteiger partial charge in [0.1, 0.15) is 10.7 Å². The van der Waals surface area contributed by atoms with Crippen LogP contribution in [-0.4, -0.2) is 67.2 Å². The molecule has 1 spiro atoms. The number of piperidine rings is 1. The minimum atomic E-state index is -3.95. The summed E-state index contributed by atoms with van der Waals surface area (Å²) in [7, 11) is -3.95. The Hall–Kier alpha value is -1.71. The lowest BCUT2D eigenvalue weighted by molar-refractivity contribution is -0.116. The molecular weight excluding hydrogens is 339 g/mol. The molecule has 1 amide bonds. The molecule has 0 radical (unpaired) electrons. The predicted molar refractivity (Wildman–Crippen MR) is 82.7 cm³/mol. The number of likely N-dealkylation sites (tertiary alicyclic amines) is 1. The second-order valence-corrected chi connectivity index (χ2v) is 7.98. The van der Waals surface area contributed by atoms with E-state index in [0.29, 0.717) is 25.9 Å². The summed E-state index contributed by atoms with van der Waals surface area (Å²) in [4.78, 5) is 12.0. The number of rotatable bonds is 2. The molecule has 0 aliphatic carbocycles. The molecule has 132 valence electrons. The van der Waals surface area contributed by atoms with E-state index >= 15 is 0 Å². The highest BCUT2D eigenvalue weighted by atomic mass is 32.2. The highest BCUT2D eigenvalue weighted by Gasteiger charge is 2.44. The molecule has 1 N–H and O–H groups in total. The van der Waals surface area contributed by atoms with Crippen LogP contribution in [0.5, 0.6) is 0 Å². The lowest BCUT2D eigenvalue weighted by atomic mass is 9.90. The number of amides is 1. The number of ether oxygens (including phenoxy) is 1. The maximum Gasteiger partial charge on any atom is 0.407 e. The van der Waals surface area contributed by atoms with E-state index in [-0.39, 0.29) is 24.6 Å². The Kier molecular flexibility index (Phi) is 4.50. The maximum absolute atomic E-state index is 13.9. The first kappa shape index (κ1) is 17.1. The Morgan fingerprint density at radius 2 is 1.88 bits per heavy atom. The predicted octanol–water partition coefficient (Wildman–Crippen LogP) is 1.36. The first-order chi connectivity index (χ1) is 11.3. The zero-order chi connectivity index (χ0) is 17.4. The second-order valence-electron chi connectivity index (χ2n) is 6.07. The molecule has 24 heavy (non-hydrogen) atoms. The van der Waals surface area contributed by atoms with Crippen LogP contribution in [0.2, 0.25) is 0 Å². The summed E-state index contributed by atoms with van der Waals surface area (Å²) in [6.07, 6.45) is -0.151. The van der Waals surface area contributed by atoms with Crippen molar-refractivity contribution in [2.45, 2.75) is 23.3 Å². The first-order valence-corrected chi connectivity index (χ1v) is 9.15. The van der Waals surface area contributed by atoms with Crippen LogP contribution in [0.15, 0.2) is 29.2 Å². The van der Waals surface area contributed by atoms with E-state index in [4.69, 9.17) is 9.84 Å². The molecule has 1 aromatic carbocycles. The van der Waals surface area contributed by atoms with Gasteiger partial charge in [0, 0.05) is 26.2 Å². The Morgan fingerprint density at radius 3 is 2.50 bits per heavy atom. The summed E-state index contributed by atoms with van der Waals surface area (Å²) in [6, 6.07) is 5.29. The van der Waals surface area contributed by atoms with Crippen molar-refractivity contribution >= 4 is 16.1 Å². The van der Waals surface area contributed by atoms with Crippen LogP contribution in [0, 0.1) is 5.82 Å². The maximum atomic E-state index is 13.9. The zero-order valence-corrected chi connectivity index (χ0v) is 13.8. The van der Waals surface area contributed by atoms with Crippen LogP contribution in [0.25, 0.3) is 0 Å². The monoisotopic (exact) mass is 358 g/mol. The molecule has 9 heteroatoms. The topological polar surface area (TPSA) is 87.2 Å². The van der Waals surface area contributed by atoms with E-state index in [1.807, 2.05) is 0 Å². The van der Waals surface area contributed by atoms with Gasteiger partial charge in [0.2, 0.25) is 10.0 Å². The average Bonchev–Trinajstić information content (AvgIpc) is 2.55.